The molecule has 1 aliphatic heterocycles. The zero-order chi connectivity index (χ0) is 22.5. The maximum absolute atomic E-state index is 13.2. The van der Waals surface area contributed by atoms with Crippen molar-refractivity contribution in [2.75, 3.05) is 23.4 Å². The lowest BCUT2D eigenvalue weighted by Crippen LogP contribution is -2.40. The number of urea groups is 1. The lowest BCUT2D eigenvalue weighted by atomic mass is 10.1. The number of aryl methyl sites for hydroxylation is 1. The molecule has 0 radical (unpaired) electrons. The molecule has 1 aliphatic rings. The lowest BCUT2D eigenvalue weighted by molar-refractivity contribution is -0.124. The first-order valence-electron chi connectivity index (χ1n) is 10.5. The molecule has 0 bridgehead atoms. The van der Waals surface area contributed by atoms with Gasteiger partial charge in [0.05, 0.1) is 18.7 Å². The summed E-state index contributed by atoms with van der Waals surface area (Å²) in [5.41, 5.74) is 2.16. The van der Waals surface area contributed by atoms with Crippen molar-refractivity contribution in [1.82, 2.24) is 4.90 Å². The molecule has 1 fully saturated rings. The zero-order valence-corrected chi connectivity index (χ0v) is 18.4. The number of hydrogen-bond donors (Lipinski definition) is 1. The Balaban J connectivity index is 1.76. The Hall–Kier alpha value is -3.35. The molecular weight excluding hydrogens is 394 g/mol. The van der Waals surface area contributed by atoms with Crippen LogP contribution in [0.15, 0.2) is 48.5 Å². The summed E-state index contributed by atoms with van der Waals surface area (Å²) in [6.45, 7) is 8.75. The summed E-state index contributed by atoms with van der Waals surface area (Å²) in [7, 11) is 0. The van der Waals surface area contributed by atoms with E-state index < -0.39 is 6.04 Å². The van der Waals surface area contributed by atoms with Gasteiger partial charge in [-0.15, -0.1) is 0 Å². The third kappa shape index (κ3) is 5.23. The van der Waals surface area contributed by atoms with Crippen LogP contribution in [0.4, 0.5) is 16.2 Å². The number of carbonyl (C=O) groups is 3. The number of anilines is 2. The molecule has 7 nitrogen and oxygen atoms in total. The first-order chi connectivity index (χ1) is 14.8. The van der Waals surface area contributed by atoms with Gasteiger partial charge in [-0.1, -0.05) is 31.5 Å². The second kappa shape index (κ2) is 9.64. The predicted octanol–water partition coefficient (Wildman–Crippen LogP) is 4.22. The van der Waals surface area contributed by atoms with Crippen molar-refractivity contribution >= 4 is 29.2 Å². The first kappa shape index (κ1) is 22.3. The fourth-order valence-corrected chi connectivity index (χ4v) is 3.55. The van der Waals surface area contributed by atoms with Gasteiger partial charge in [0, 0.05) is 12.2 Å². The van der Waals surface area contributed by atoms with Crippen LogP contribution >= 0.6 is 0 Å². The summed E-state index contributed by atoms with van der Waals surface area (Å²) in [6, 6.07) is 13.0. The van der Waals surface area contributed by atoms with Gasteiger partial charge in [0.25, 0.3) is 5.91 Å². The molecule has 0 saturated carbocycles. The van der Waals surface area contributed by atoms with Crippen LogP contribution in [-0.4, -0.2) is 41.9 Å². The summed E-state index contributed by atoms with van der Waals surface area (Å²) in [4.78, 5) is 41.6. The Labute approximate surface area is 183 Å². The van der Waals surface area contributed by atoms with E-state index in [1.165, 1.54) is 9.80 Å². The molecule has 0 unspecified atom stereocenters. The minimum Gasteiger partial charge on any atom is -0.494 e. The van der Waals surface area contributed by atoms with E-state index in [0.29, 0.717) is 30.3 Å². The topological polar surface area (TPSA) is 79.0 Å². The highest BCUT2D eigenvalue weighted by Crippen LogP contribution is 2.28. The first-order valence-corrected chi connectivity index (χ1v) is 10.5. The van der Waals surface area contributed by atoms with Crippen molar-refractivity contribution in [3.63, 3.8) is 0 Å². The third-order valence-corrected chi connectivity index (χ3v) is 5.00. The zero-order valence-electron chi connectivity index (χ0n) is 18.4. The van der Waals surface area contributed by atoms with Gasteiger partial charge in [0.1, 0.15) is 11.8 Å². The maximum Gasteiger partial charge on any atom is 0.332 e. The van der Waals surface area contributed by atoms with E-state index in [1.54, 1.807) is 36.4 Å². The van der Waals surface area contributed by atoms with Crippen molar-refractivity contribution in [2.45, 2.75) is 40.2 Å². The van der Waals surface area contributed by atoms with Crippen LogP contribution in [0, 0.1) is 12.8 Å². The van der Waals surface area contributed by atoms with E-state index in [4.69, 9.17) is 4.74 Å². The van der Waals surface area contributed by atoms with Crippen LogP contribution < -0.4 is 15.0 Å². The Kier molecular flexibility index (Phi) is 6.95. The molecule has 164 valence electrons. The smallest absolute Gasteiger partial charge is 0.332 e. The molecule has 7 heteroatoms. The highest BCUT2D eigenvalue weighted by atomic mass is 16.5. The Bertz CT molecular complexity index is 938. The van der Waals surface area contributed by atoms with Gasteiger partial charge in [0.2, 0.25) is 5.91 Å². The predicted molar refractivity (Wildman–Crippen MR) is 120 cm³/mol. The van der Waals surface area contributed by atoms with Gasteiger partial charge in [-0.3, -0.25) is 9.59 Å². The van der Waals surface area contributed by atoms with E-state index in [-0.39, 0.29) is 30.2 Å². The summed E-state index contributed by atoms with van der Waals surface area (Å²) < 4.78 is 5.40. The normalized spacial score (nSPS) is 16.2. The van der Waals surface area contributed by atoms with Gasteiger partial charge in [-0.2, -0.15) is 0 Å². The Morgan fingerprint density at radius 3 is 2.29 bits per heavy atom. The number of imide groups is 1. The average molecular weight is 424 g/mol. The van der Waals surface area contributed by atoms with Crippen LogP contribution in [0.25, 0.3) is 0 Å². The number of ether oxygens (including phenoxy) is 1. The summed E-state index contributed by atoms with van der Waals surface area (Å²) in [6.07, 6.45) is -0.104. The van der Waals surface area contributed by atoms with Crippen molar-refractivity contribution < 1.29 is 19.1 Å². The summed E-state index contributed by atoms with van der Waals surface area (Å²) in [5.74, 6) is 0.173. The van der Waals surface area contributed by atoms with Crippen LogP contribution in [-0.2, 0) is 9.59 Å². The number of nitrogens with one attached hydrogen (secondary N) is 1. The standard InChI is InChI=1S/C24H29N3O4/c1-5-31-20-12-8-18(9-13-20)25-22(28)14-21-23(29)27(19-10-6-17(4)7-11-19)24(30)26(21)15-16(2)3/h6-13,16,21H,5,14-15H2,1-4H3,(H,25,28)/t21-/m0/s1. The average Bonchev–Trinajstić information content (AvgIpc) is 2.94. The number of hydrogen-bond acceptors (Lipinski definition) is 4. The molecule has 2 aromatic carbocycles. The van der Waals surface area contributed by atoms with Crippen molar-refractivity contribution in [3.8, 4) is 5.75 Å². The highest BCUT2D eigenvalue weighted by Gasteiger charge is 2.46. The molecular formula is C24H29N3O4. The monoisotopic (exact) mass is 423 g/mol. The van der Waals surface area contributed by atoms with Gasteiger partial charge in [-0.05, 0) is 56.2 Å². The van der Waals surface area contributed by atoms with Gasteiger partial charge >= 0.3 is 6.03 Å². The number of benzene rings is 2. The number of nitrogens with zero attached hydrogens (tertiary/aromatic N) is 2. The number of carbonyl (C=O) groups excluding carboxylic acids is 3. The van der Waals surface area contributed by atoms with Gasteiger partial charge in [0.15, 0.2) is 0 Å². The van der Waals surface area contributed by atoms with E-state index in [0.717, 1.165) is 5.56 Å². The summed E-state index contributed by atoms with van der Waals surface area (Å²) in [5, 5.41) is 2.81. The largest absolute Gasteiger partial charge is 0.494 e. The van der Waals surface area contributed by atoms with Crippen LogP contribution in [0.5, 0.6) is 5.75 Å². The second-order valence-electron chi connectivity index (χ2n) is 8.06. The lowest BCUT2D eigenvalue weighted by Gasteiger charge is -2.23. The van der Waals surface area contributed by atoms with Gasteiger partial charge in [-0.25, -0.2) is 9.69 Å². The molecule has 2 aromatic rings. The van der Waals surface area contributed by atoms with Crippen LogP contribution in [0.3, 0.4) is 0 Å². The van der Waals surface area contributed by atoms with Crippen molar-refractivity contribution in [2.24, 2.45) is 5.92 Å². The maximum atomic E-state index is 13.2. The molecule has 1 atom stereocenters. The van der Waals surface area contributed by atoms with Crippen molar-refractivity contribution in [3.05, 3.63) is 54.1 Å². The van der Waals surface area contributed by atoms with Gasteiger partial charge < -0.3 is 15.0 Å². The fraction of sp³-hybridized carbons (Fsp3) is 0.375. The molecule has 0 aromatic heterocycles. The minimum absolute atomic E-state index is 0.104. The Morgan fingerprint density at radius 2 is 1.71 bits per heavy atom. The fourth-order valence-electron chi connectivity index (χ4n) is 3.55. The quantitative estimate of drug-likeness (QED) is 0.645. The molecule has 0 spiro atoms. The molecule has 3 rings (SSSR count). The SMILES string of the molecule is CCOc1ccc(NC(=O)C[C@H]2C(=O)N(c3ccc(C)cc3)C(=O)N2CC(C)C)cc1. The number of rotatable bonds is 8. The molecule has 1 heterocycles. The second-order valence-corrected chi connectivity index (χ2v) is 8.06. The molecule has 31 heavy (non-hydrogen) atoms. The molecule has 4 amide bonds. The van der Waals surface area contributed by atoms with Crippen molar-refractivity contribution in [1.29, 1.82) is 0 Å². The summed E-state index contributed by atoms with van der Waals surface area (Å²) >= 11 is 0. The number of amides is 4. The third-order valence-electron chi connectivity index (χ3n) is 5.00. The highest BCUT2D eigenvalue weighted by molar-refractivity contribution is 6.22. The van der Waals surface area contributed by atoms with Crippen LogP contribution in [0.2, 0.25) is 0 Å². The van der Waals surface area contributed by atoms with Crippen LogP contribution in [0.1, 0.15) is 32.8 Å². The minimum atomic E-state index is -0.834. The molecule has 1 saturated heterocycles. The Morgan fingerprint density at radius 1 is 1.06 bits per heavy atom. The van der Waals surface area contributed by atoms with E-state index in [1.807, 2.05) is 39.8 Å². The van der Waals surface area contributed by atoms with E-state index in [2.05, 4.69) is 5.32 Å². The van der Waals surface area contributed by atoms with E-state index >= 15 is 0 Å². The molecule has 1 N–H and O–H groups in total. The molecule has 0 aliphatic carbocycles. The van der Waals surface area contributed by atoms with E-state index in [9.17, 15) is 14.4 Å².